The van der Waals surface area contributed by atoms with E-state index in [9.17, 15) is 4.79 Å². The van der Waals surface area contributed by atoms with Gasteiger partial charge in [0, 0.05) is 16.2 Å². The third-order valence-corrected chi connectivity index (χ3v) is 3.93. The van der Waals surface area contributed by atoms with E-state index in [1.54, 1.807) is 11.9 Å². The van der Waals surface area contributed by atoms with Gasteiger partial charge in [-0.25, -0.2) is 0 Å². The molecule has 0 aliphatic carbocycles. The predicted molar refractivity (Wildman–Crippen MR) is 92.8 cm³/mol. The number of nitrogens with zero attached hydrogens (tertiary/aromatic N) is 1. The van der Waals surface area contributed by atoms with Gasteiger partial charge in [-0.3, -0.25) is 4.79 Å². The van der Waals surface area contributed by atoms with Crippen molar-refractivity contribution >= 4 is 28.5 Å². The summed E-state index contributed by atoms with van der Waals surface area (Å²) in [5.41, 5.74) is 1.80. The van der Waals surface area contributed by atoms with Crippen molar-refractivity contribution in [3.63, 3.8) is 0 Å². The molecule has 0 aliphatic rings. The Bertz CT molecular complexity index is 610. The fourth-order valence-electron chi connectivity index (χ4n) is 1.93. The van der Waals surface area contributed by atoms with E-state index in [0.717, 1.165) is 14.9 Å². The van der Waals surface area contributed by atoms with Crippen LogP contribution in [0.5, 0.6) is 5.75 Å². The minimum Gasteiger partial charge on any atom is -0.491 e. The zero-order chi connectivity index (χ0) is 15.2. The highest BCUT2D eigenvalue weighted by Gasteiger charge is 2.11. The molecule has 0 aromatic heterocycles. The van der Waals surface area contributed by atoms with Crippen LogP contribution >= 0.6 is 22.6 Å². The number of amides is 1. The summed E-state index contributed by atoms with van der Waals surface area (Å²) in [7, 11) is 1.79. The maximum absolute atomic E-state index is 12.2. The Hall–Kier alpha value is -1.56. The van der Waals surface area contributed by atoms with Crippen molar-refractivity contribution in [2.45, 2.75) is 6.92 Å². The van der Waals surface area contributed by atoms with Crippen molar-refractivity contribution in [3.05, 3.63) is 63.2 Å². The van der Waals surface area contributed by atoms with E-state index >= 15 is 0 Å². The first-order valence-corrected chi connectivity index (χ1v) is 7.85. The van der Waals surface area contributed by atoms with Gasteiger partial charge in [-0.15, -0.1) is 0 Å². The molecule has 0 unspecified atom stereocenters. The van der Waals surface area contributed by atoms with Crippen LogP contribution in [0, 0.1) is 10.5 Å². The van der Waals surface area contributed by atoms with Crippen LogP contribution in [0.15, 0.2) is 48.5 Å². The van der Waals surface area contributed by atoms with Crippen molar-refractivity contribution in [1.82, 2.24) is 4.90 Å². The van der Waals surface area contributed by atoms with Crippen LogP contribution in [-0.4, -0.2) is 31.0 Å². The number of hydrogen-bond donors (Lipinski definition) is 0. The quantitative estimate of drug-likeness (QED) is 0.722. The van der Waals surface area contributed by atoms with Gasteiger partial charge >= 0.3 is 0 Å². The molecule has 0 aliphatic heterocycles. The summed E-state index contributed by atoms with van der Waals surface area (Å²) >= 11 is 2.22. The molecule has 2 aromatic rings. The van der Waals surface area contributed by atoms with Gasteiger partial charge < -0.3 is 9.64 Å². The van der Waals surface area contributed by atoms with Gasteiger partial charge in [-0.1, -0.05) is 18.2 Å². The molecule has 1 amide bonds. The number of carbonyl (C=O) groups excluding carboxylic acids is 1. The molecule has 0 fully saturated rings. The second-order valence-electron chi connectivity index (χ2n) is 4.85. The predicted octanol–water partition coefficient (Wildman–Crippen LogP) is 3.75. The first-order valence-electron chi connectivity index (χ1n) is 6.77. The molecule has 0 bridgehead atoms. The highest BCUT2D eigenvalue weighted by molar-refractivity contribution is 14.1. The highest BCUT2D eigenvalue weighted by atomic mass is 127. The second kappa shape index (κ2) is 7.45. The zero-order valence-electron chi connectivity index (χ0n) is 12.2. The Morgan fingerprint density at radius 2 is 1.81 bits per heavy atom. The van der Waals surface area contributed by atoms with E-state index < -0.39 is 0 Å². The third-order valence-electron chi connectivity index (χ3n) is 3.22. The second-order valence-corrected chi connectivity index (χ2v) is 6.09. The molecule has 0 N–H and O–H groups in total. The van der Waals surface area contributed by atoms with Gasteiger partial charge in [0.05, 0.1) is 6.54 Å². The van der Waals surface area contributed by atoms with E-state index in [1.165, 1.54) is 0 Å². The van der Waals surface area contributed by atoms with Crippen molar-refractivity contribution in [2.24, 2.45) is 0 Å². The highest BCUT2D eigenvalue weighted by Crippen LogP contribution is 2.16. The standard InChI is InChI=1S/C17H18INO2/c1-13-5-3-4-6-16(13)21-12-11-19(2)17(20)14-7-9-15(18)10-8-14/h3-10H,11-12H2,1-2H3. The summed E-state index contributed by atoms with van der Waals surface area (Å²) in [6.07, 6.45) is 0. The van der Waals surface area contributed by atoms with Crippen LogP contribution in [0.25, 0.3) is 0 Å². The van der Waals surface area contributed by atoms with Crippen LogP contribution in [-0.2, 0) is 0 Å². The molecule has 0 heterocycles. The smallest absolute Gasteiger partial charge is 0.253 e. The first-order chi connectivity index (χ1) is 10.1. The minimum absolute atomic E-state index is 0.0137. The SMILES string of the molecule is Cc1ccccc1OCCN(C)C(=O)c1ccc(I)cc1. The summed E-state index contributed by atoms with van der Waals surface area (Å²) in [5, 5.41) is 0. The van der Waals surface area contributed by atoms with Gasteiger partial charge in [0.15, 0.2) is 0 Å². The first kappa shape index (κ1) is 15.8. The summed E-state index contributed by atoms with van der Waals surface area (Å²) in [6, 6.07) is 15.5. The Labute approximate surface area is 139 Å². The van der Waals surface area contributed by atoms with Gasteiger partial charge in [0.2, 0.25) is 0 Å². The molecule has 0 saturated carbocycles. The summed E-state index contributed by atoms with van der Waals surface area (Å²) in [6.45, 7) is 3.05. The maximum Gasteiger partial charge on any atom is 0.253 e. The minimum atomic E-state index is 0.0137. The van der Waals surface area contributed by atoms with Gasteiger partial charge in [0.1, 0.15) is 12.4 Å². The lowest BCUT2D eigenvalue weighted by Gasteiger charge is -2.18. The average molecular weight is 395 g/mol. The van der Waals surface area contributed by atoms with E-state index in [1.807, 2.05) is 55.5 Å². The molecule has 21 heavy (non-hydrogen) atoms. The van der Waals surface area contributed by atoms with Crippen LogP contribution in [0.4, 0.5) is 0 Å². The van der Waals surface area contributed by atoms with E-state index in [0.29, 0.717) is 18.7 Å². The number of likely N-dealkylation sites (N-methyl/N-ethyl adjacent to an activating group) is 1. The van der Waals surface area contributed by atoms with Crippen molar-refractivity contribution in [3.8, 4) is 5.75 Å². The van der Waals surface area contributed by atoms with Crippen molar-refractivity contribution < 1.29 is 9.53 Å². The van der Waals surface area contributed by atoms with E-state index in [2.05, 4.69) is 22.6 Å². The monoisotopic (exact) mass is 395 g/mol. The molecule has 2 rings (SSSR count). The largest absolute Gasteiger partial charge is 0.491 e. The maximum atomic E-state index is 12.2. The summed E-state index contributed by atoms with van der Waals surface area (Å²) in [5.74, 6) is 0.882. The molecule has 0 atom stereocenters. The van der Waals surface area contributed by atoms with Crippen LogP contribution < -0.4 is 4.74 Å². The van der Waals surface area contributed by atoms with Gasteiger partial charge in [-0.05, 0) is 65.4 Å². The Balaban J connectivity index is 1.87. The Morgan fingerprint density at radius 3 is 2.48 bits per heavy atom. The Morgan fingerprint density at radius 1 is 1.14 bits per heavy atom. The number of aryl methyl sites for hydroxylation is 1. The number of halogens is 1. The normalized spacial score (nSPS) is 10.2. The van der Waals surface area contributed by atoms with Crippen LogP contribution in [0.1, 0.15) is 15.9 Å². The van der Waals surface area contributed by atoms with Gasteiger partial charge in [-0.2, -0.15) is 0 Å². The lowest BCUT2D eigenvalue weighted by Crippen LogP contribution is -2.30. The summed E-state index contributed by atoms with van der Waals surface area (Å²) < 4.78 is 6.84. The molecular formula is C17H18INO2. The fraction of sp³-hybridized carbons (Fsp3) is 0.235. The molecule has 4 heteroatoms. The number of hydrogen-bond acceptors (Lipinski definition) is 2. The number of para-hydroxylation sites is 1. The summed E-state index contributed by atoms with van der Waals surface area (Å²) in [4.78, 5) is 13.9. The molecule has 3 nitrogen and oxygen atoms in total. The molecule has 110 valence electrons. The molecule has 0 saturated heterocycles. The van der Waals surface area contributed by atoms with Gasteiger partial charge in [0.25, 0.3) is 5.91 Å². The van der Waals surface area contributed by atoms with E-state index in [-0.39, 0.29) is 5.91 Å². The lowest BCUT2D eigenvalue weighted by atomic mass is 10.2. The number of carbonyl (C=O) groups is 1. The third kappa shape index (κ3) is 4.46. The molecule has 0 spiro atoms. The molecule has 0 radical (unpaired) electrons. The number of benzene rings is 2. The average Bonchev–Trinajstić information content (AvgIpc) is 2.49. The van der Waals surface area contributed by atoms with Crippen molar-refractivity contribution in [2.75, 3.05) is 20.2 Å². The molecular weight excluding hydrogens is 377 g/mol. The van der Waals surface area contributed by atoms with E-state index in [4.69, 9.17) is 4.74 Å². The van der Waals surface area contributed by atoms with Crippen molar-refractivity contribution in [1.29, 1.82) is 0 Å². The topological polar surface area (TPSA) is 29.5 Å². The Kier molecular flexibility index (Phi) is 5.61. The van der Waals surface area contributed by atoms with Crippen LogP contribution in [0.3, 0.4) is 0 Å². The number of ether oxygens (including phenoxy) is 1. The lowest BCUT2D eigenvalue weighted by molar-refractivity contribution is 0.0773. The number of rotatable bonds is 5. The molecule has 2 aromatic carbocycles. The van der Waals surface area contributed by atoms with Crippen LogP contribution in [0.2, 0.25) is 0 Å². The zero-order valence-corrected chi connectivity index (χ0v) is 14.3. The fourth-order valence-corrected chi connectivity index (χ4v) is 2.28.